The van der Waals surface area contributed by atoms with Crippen LogP contribution in [0.25, 0.3) is 5.70 Å². The Balaban J connectivity index is 1.14. The Labute approximate surface area is 229 Å². The van der Waals surface area contributed by atoms with E-state index in [9.17, 15) is 13.2 Å². The van der Waals surface area contributed by atoms with Gasteiger partial charge in [0, 0.05) is 49.2 Å². The normalized spacial score (nSPS) is 24.1. The van der Waals surface area contributed by atoms with E-state index < -0.39 is 10.0 Å². The number of carbonyl (C=O) groups is 1. The van der Waals surface area contributed by atoms with Gasteiger partial charge in [0.2, 0.25) is 10.0 Å². The first-order valence-corrected chi connectivity index (χ1v) is 15.0. The van der Waals surface area contributed by atoms with E-state index in [1.807, 2.05) is 24.4 Å². The standard InChI is InChI=1S/C28H35N7O3S/c29-22-11-14-34(18-22)16-19-1-5-24(6-2-19)35-17-21-15-26(31-27(21)32-28(35)36)20-3-7-25(8-4-20)39(37,38)33-23-9-12-30-13-10-23/h1-8,15,17,22-23,27,30-31,33H,9-14,16,18,29H2,(H,32,36)/t22-,27?/m1/s1. The molecule has 6 rings (SSSR count). The van der Waals surface area contributed by atoms with Crippen molar-refractivity contribution in [1.29, 1.82) is 0 Å². The SMILES string of the molecule is N[C@@H]1CCN(Cc2ccc(N3C=C4C=C(c5ccc(S(=O)(=O)NC6CCNCC6)cc5)NC4NC3=O)cc2)C1. The van der Waals surface area contributed by atoms with Crippen molar-refractivity contribution >= 4 is 27.4 Å². The van der Waals surface area contributed by atoms with Crippen LogP contribution in [0.4, 0.5) is 10.5 Å². The van der Waals surface area contributed by atoms with E-state index in [-0.39, 0.29) is 29.2 Å². The maximum absolute atomic E-state index is 12.9. The van der Waals surface area contributed by atoms with Gasteiger partial charge in [-0.2, -0.15) is 0 Å². The zero-order chi connectivity index (χ0) is 27.0. The molecule has 39 heavy (non-hydrogen) atoms. The van der Waals surface area contributed by atoms with Crippen LogP contribution in [0, 0.1) is 0 Å². The van der Waals surface area contributed by atoms with Crippen LogP contribution in [0.5, 0.6) is 0 Å². The van der Waals surface area contributed by atoms with Crippen molar-refractivity contribution in [1.82, 2.24) is 25.6 Å². The number of sulfonamides is 1. The molecule has 1 unspecified atom stereocenters. The summed E-state index contributed by atoms with van der Waals surface area (Å²) in [6.07, 6.45) is 6.09. The Morgan fingerprint density at radius 1 is 0.974 bits per heavy atom. The number of fused-ring (bicyclic) bond motifs is 1. The van der Waals surface area contributed by atoms with Crippen LogP contribution >= 0.6 is 0 Å². The molecule has 2 aromatic carbocycles. The fourth-order valence-electron chi connectivity index (χ4n) is 5.59. The molecular weight excluding hydrogens is 514 g/mol. The van der Waals surface area contributed by atoms with E-state index in [2.05, 4.69) is 37.7 Å². The number of nitrogens with one attached hydrogen (secondary N) is 4. The van der Waals surface area contributed by atoms with Crippen LogP contribution in [-0.2, 0) is 16.6 Å². The van der Waals surface area contributed by atoms with Gasteiger partial charge >= 0.3 is 6.03 Å². The minimum absolute atomic E-state index is 0.0445. The summed E-state index contributed by atoms with van der Waals surface area (Å²) in [4.78, 5) is 17.1. The summed E-state index contributed by atoms with van der Waals surface area (Å²) in [7, 11) is -3.58. The summed E-state index contributed by atoms with van der Waals surface area (Å²) in [5.74, 6) is 0. The van der Waals surface area contributed by atoms with Crippen molar-refractivity contribution in [2.24, 2.45) is 5.73 Å². The number of nitrogens with two attached hydrogens (primary N) is 1. The Morgan fingerprint density at radius 3 is 2.41 bits per heavy atom. The van der Waals surface area contributed by atoms with Crippen molar-refractivity contribution in [2.75, 3.05) is 31.1 Å². The van der Waals surface area contributed by atoms with Crippen LogP contribution < -0.4 is 31.3 Å². The van der Waals surface area contributed by atoms with Crippen LogP contribution in [-0.4, -0.2) is 63.8 Å². The number of urea groups is 1. The quantitative estimate of drug-likeness (QED) is 0.355. The Kier molecular flexibility index (Phi) is 7.17. The molecule has 0 aliphatic carbocycles. The first-order chi connectivity index (χ1) is 18.8. The van der Waals surface area contributed by atoms with Crippen molar-refractivity contribution in [3.05, 3.63) is 77.5 Å². The minimum atomic E-state index is -3.58. The van der Waals surface area contributed by atoms with Gasteiger partial charge in [-0.25, -0.2) is 17.9 Å². The Bertz CT molecular complexity index is 1380. The van der Waals surface area contributed by atoms with Gasteiger partial charge in [-0.1, -0.05) is 24.3 Å². The zero-order valence-corrected chi connectivity index (χ0v) is 22.6. The molecule has 2 atom stereocenters. The third-order valence-electron chi connectivity index (χ3n) is 7.78. The molecule has 2 saturated heterocycles. The molecule has 206 valence electrons. The molecule has 6 N–H and O–H groups in total. The summed E-state index contributed by atoms with van der Waals surface area (Å²) in [6.45, 7) is 4.42. The van der Waals surface area contributed by atoms with Crippen LogP contribution in [0.15, 0.2) is 71.3 Å². The molecular formula is C28H35N7O3S. The van der Waals surface area contributed by atoms with E-state index in [1.54, 1.807) is 29.2 Å². The minimum Gasteiger partial charge on any atom is -0.361 e. The van der Waals surface area contributed by atoms with Crippen LogP contribution in [0.1, 0.15) is 30.4 Å². The Morgan fingerprint density at radius 2 is 1.72 bits per heavy atom. The second-order valence-corrected chi connectivity index (χ2v) is 12.4. The summed E-state index contributed by atoms with van der Waals surface area (Å²) in [5.41, 5.74) is 10.6. The fraction of sp³-hybridized carbons (Fsp3) is 0.393. The molecule has 0 radical (unpaired) electrons. The predicted molar refractivity (Wildman–Crippen MR) is 151 cm³/mol. The molecule has 0 aromatic heterocycles. The lowest BCUT2D eigenvalue weighted by Crippen LogP contribution is -2.51. The summed E-state index contributed by atoms with van der Waals surface area (Å²) in [6, 6.07) is 14.9. The fourth-order valence-corrected chi connectivity index (χ4v) is 6.89. The highest BCUT2D eigenvalue weighted by Crippen LogP contribution is 2.29. The number of piperidine rings is 1. The van der Waals surface area contributed by atoms with E-state index in [1.165, 1.54) is 5.56 Å². The lowest BCUT2D eigenvalue weighted by molar-refractivity contribution is 0.244. The van der Waals surface area contributed by atoms with Crippen molar-refractivity contribution in [3.8, 4) is 0 Å². The number of carbonyl (C=O) groups excluding carboxylic acids is 1. The van der Waals surface area contributed by atoms with E-state index in [0.29, 0.717) is 0 Å². The molecule has 4 heterocycles. The van der Waals surface area contributed by atoms with E-state index in [4.69, 9.17) is 5.73 Å². The highest BCUT2D eigenvalue weighted by molar-refractivity contribution is 7.89. The molecule has 4 aliphatic rings. The number of likely N-dealkylation sites (tertiary alicyclic amines) is 1. The van der Waals surface area contributed by atoms with Gasteiger partial charge in [0.25, 0.3) is 0 Å². The first kappa shape index (κ1) is 26.0. The van der Waals surface area contributed by atoms with Gasteiger partial charge in [-0.3, -0.25) is 9.80 Å². The van der Waals surface area contributed by atoms with Gasteiger partial charge in [-0.05, 0) is 73.8 Å². The predicted octanol–water partition coefficient (Wildman–Crippen LogP) is 1.63. The molecule has 2 aromatic rings. The van der Waals surface area contributed by atoms with Crippen molar-refractivity contribution in [2.45, 2.75) is 49.0 Å². The van der Waals surface area contributed by atoms with Gasteiger partial charge in [0.1, 0.15) is 6.17 Å². The third-order valence-corrected chi connectivity index (χ3v) is 9.31. The maximum Gasteiger partial charge on any atom is 0.327 e. The van der Waals surface area contributed by atoms with Crippen molar-refractivity contribution in [3.63, 3.8) is 0 Å². The lowest BCUT2D eigenvalue weighted by Gasteiger charge is -2.29. The molecule has 0 saturated carbocycles. The smallest absolute Gasteiger partial charge is 0.327 e. The molecule has 11 heteroatoms. The van der Waals surface area contributed by atoms with E-state index in [0.717, 1.165) is 74.5 Å². The molecule has 0 bridgehead atoms. The van der Waals surface area contributed by atoms with Gasteiger partial charge in [-0.15, -0.1) is 0 Å². The average Bonchev–Trinajstić information content (AvgIpc) is 3.54. The van der Waals surface area contributed by atoms with E-state index >= 15 is 0 Å². The van der Waals surface area contributed by atoms with Gasteiger partial charge < -0.3 is 21.7 Å². The highest BCUT2D eigenvalue weighted by atomic mass is 32.2. The Hall–Kier alpha value is -3.22. The summed E-state index contributed by atoms with van der Waals surface area (Å²) >= 11 is 0. The second-order valence-electron chi connectivity index (χ2n) is 10.7. The zero-order valence-electron chi connectivity index (χ0n) is 21.8. The largest absolute Gasteiger partial charge is 0.361 e. The van der Waals surface area contributed by atoms with Gasteiger partial charge in [0.05, 0.1) is 10.6 Å². The molecule has 0 spiro atoms. The van der Waals surface area contributed by atoms with Crippen molar-refractivity contribution < 1.29 is 13.2 Å². The van der Waals surface area contributed by atoms with Gasteiger partial charge in [0.15, 0.2) is 0 Å². The lowest BCUT2D eigenvalue weighted by atomic mass is 10.1. The monoisotopic (exact) mass is 549 g/mol. The maximum atomic E-state index is 12.9. The number of rotatable bonds is 7. The first-order valence-electron chi connectivity index (χ1n) is 13.5. The number of anilines is 1. The molecule has 10 nitrogen and oxygen atoms in total. The van der Waals surface area contributed by atoms with Crippen LogP contribution in [0.3, 0.4) is 0 Å². The number of benzene rings is 2. The summed E-state index contributed by atoms with van der Waals surface area (Å²) in [5, 5.41) is 9.59. The number of hydrogen-bond acceptors (Lipinski definition) is 7. The second kappa shape index (κ2) is 10.7. The molecule has 2 fully saturated rings. The number of hydrogen-bond donors (Lipinski definition) is 5. The summed E-state index contributed by atoms with van der Waals surface area (Å²) < 4.78 is 28.5. The highest BCUT2D eigenvalue weighted by Gasteiger charge is 2.31. The third kappa shape index (κ3) is 5.73. The topological polar surface area (TPSA) is 132 Å². The average molecular weight is 550 g/mol. The molecule has 2 amide bonds. The molecule has 4 aliphatic heterocycles. The number of nitrogens with zero attached hydrogens (tertiary/aromatic N) is 2. The van der Waals surface area contributed by atoms with Crippen LogP contribution in [0.2, 0.25) is 0 Å². The number of amides is 2.